The van der Waals surface area contributed by atoms with Gasteiger partial charge in [-0.1, -0.05) is 17.9 Å². The summed E-state index contributed by atoms with van der Waals surface area (Å²) in [5, 5.41) is 8.73. The zero-order valence-electron chi connectivity index (χ0n) is 10.4. The molecule has 1 aromatic carbocycles. The number of aliphatic carboxylic acids is 1. The Morgan fingerprint density at radius 3 is 2.79 bits per heavy atom. The maximum atomic E-state index is 13.1. The number of carbonyl (C=O) groups excluding carboxylic acids is 1. The highest BCUT2D eigenvalue weighted by Crippen LogP contribution is 2.11. The van der Waals surface area contributed by atoms with E-state index < -0.39 is 17.8 Å². The van der Waals surface area contributed by atoms with E-state index in [1.807, 2.05) is 0 Å². The number of hydrogen-bond acceptors (Lipinski definition) is 3. The first-order chi connectivity index (χ1) is 9.02. The average molecular weight is 264 g/mol. The van der Waals surface area contributed by atoms with Crippen LogP contribution in [0.4, 0.5) is 4.39 Å². The van der Waals surface area contributed by atoms with Crippen molar-refractivity contribution < 1.29 is 23.8 Å². The predicted octanol–water partition coefficient (Wildman–Crippen LogP) is 1.76. The van der Waals surface area contributed by atoms with E-state index in [1.165, 1.54) is 12.1 Å². The van der Waals surface area contributed by atoms with Crippen LogP contribution in [0, 0.1) is 17.7 Å². The predicted molar refractivity (Wildman–Crippen MR) is 65.9 cm³/mol. The second-order valence-corrected chi connectivity index (χ2v) is 3.66. The van der Waals surface area contributed by atoms with E-state index >= 15 is 0 Å². The van der Waals surface area contributed by atoms with Crippen LogP contribution in [0.3, 0.4) is 0 Å². The van der Waals surface area contributed by atoms with E-state index in [0.717, 1.165) is 6.07 Å². The van der Waals surface area contributed by atoms with Crippen molar-refractivity contribution in [1.29, 1.82) is 0 Å². The Labute approximate surface area is 110 Å². The number of halogens is 1. The van der Waals surface area contributed by atoms with Gasteiger partial charge < -0.3 is 9.84 Å². The molecule has 1 rings (SSSR count). The summed E-state index contributed by atoms with van der Waals surface area (Å²) in [5.74, 6) is 3.14. The summed E-state index contributed by atoms with van der Waals surface area (Å²) >= 11 is 0. The number of rotatable bonds is 4. The first kappa shape index (κ1) is 14.7. The first-order valence-corrected chi connectivity index (χ1v) is 5.67. The molecule has 0 amide bonds. The van der Waals surface area contributed by atoms with Gasteiger partial charge in [-0.25, -0.2) is 4.39 Å². The third-order valence-electron chi connectivity index (χ3n) is 2.17. The molecule has 0 aliphatic carbocycles. The lowest BCUT2D eigenvalue weighted by Gasteiger charge is -2.01. The number of carboxylic acids is 1. The van der Waals surface area contributed by atoms with Crippen molar-refractivity contribution in [3.8, 4) is 11.8 Å². The minimum Gasteiger partial charge on any atom is -0.481 e. The molecule has 1 aromatic rings. The van der Waals surface area contributed by atoms with Crippen molar-refractivity contribution in [1.82, 2.24) is 0 Å². The topological polar surface area (TPSA) is 63.6 Å². The molecule has 0 radical (unpaired) electrons. The van der Waals surface area contributed by atoms with E-state index in [9.17, 15) is 14.0 Å². The monoisotopic (exact) mass is 264 g/mol. The van der Waals surface area contributed by atoms with Crippen molar-refractivity contribution >= 4 is 11.9 Å². The van der Waals surface area contributed by atoms with Gasteiger partial charge in [0.1, 0.15) is 12.2 Å². The fraction of sp³-hybridized carbons (Fsp3) is 0.286. The Morgan fingerprint density at radius 2 is 2.16 bits per heavy atom. The zero-order chi connectivity index (χ0) is 14.3. The van der Waals surface area contributed by atoms with Crippen LogP contribution in [0.15, 0.2) is 18.2 Å². The summed E-state index contributed by atoms with van der Waals surface area (Å²) in [5.41, 5.74) is 0.678. The quantitative estimate of drug-likeness (QED) is 0.664. The van der Waals surface area contributed by atoms with Gasteiger partial charge >= 0.3 is 11.9 Å². The molecule has 0 spiro atoms. The maximum absolute atomic E-state index is 13.1. The second kappa shape index (κ2) is 7.17. The minimum absolute atomic E-state index is 0.114. The Hall–Kier alpha value is -2.35. The normalized spacial score (nSPS) is 9.37. The van der Waals surface area contributed by atoms with E-state index in [4.69, 9.17) is 5.11 Å². The van der Waals surface area contributed by atoms with Crippen molar-refractivity contribution in [2.75, 3.05) is 6.61 Å². The SMILES string of the molecule is CCOC(=O)CC#Cc1cc(F)ccc1CC(=O)O. The van der Waals surface area contributed by atoms with Crippen LogP contribution >= 0.6 is 0 Å². The van der Waals surface area contributed by atoms with Gasteiger partial charge in [-0.05, 0) is 24.6 Å². The highest BCUT2D eigenvalue weighted by Gasteiger charge is 2.06. The molecular formula is C14H13FO4. The van der Waals surface area contributed by atoms with Crippen LogP contribution in [-0.2, 0) is 20.7 Å². The number of hydrogen-bond donors (Lipinski definition) is 1. The van der Waals surface area contributed by atoms with Crippen molar-refractivity contribution in [2.24, 2.45) is 0 Å². The lowest BCUT2D eigenvalue weighted by molar-refractivity contribution is -0.142. The zero-order valence-corrected chi connectivity index (χ0v) is 10.4. The summed E-state index contributed by atoms with van der Waals surface area (Å²) in [4.78, 5) is 21.7. The van der Waals surface area contributed by atoms with Crippen LogP contribution in [0.2, 0.25) is 0 Å². The molecule has 0 bridgehead atoms. The molecule has 0 saturated heterocycles. The molecule has 5 heteroatoms. The van der Waals surface area contributed by atoms with E-state index in [-0.39, 0.29) is 25.0 Å². The molecular weight excluding hydrogens is 251 g/mol. The maximum Gasteiger partial charge on any atom is 0.317 e. The molecule has 0 aliphatic rings. The Morgan fingerprint density at radius 1 is 1.42 bits per heavy atom. The van der Waals surface area contributed by atoms with E-state index in [1.54, 1.807) is 6.92 Å². The van der Waals surface area contributed by atoms with E-state index in [2.05, 4.69) is 16.6 Å². The van der Waals surface area contributed by atoms with Crippen molar-refractivity contribution in [3.05, 3.63) is 35.1 Å². The number of ether oxygens (including phenoxy) is 1. The number of esters is 1. The molecule has 0 aliphatic heterocycles. The van der Waals surface area contributed by atoms with Gasteiger partial charge in [0, 0.05) is 5.56 Å². The van der Waals surface area contributed by atoms with Crippen molar-refractivity contribution in [2.45, 2.75) is 19.8 Å². The highest BCUT2D eigenvalue weighted by molar-refractivity contribution is 5.73. The van der Waals surface area contributed by atoms with Gasteiger partial charge in [-0.15, -0.1) is 0 Å². The first-order valence-electron chi connectivity index (χ1n) is 5.67. The average Bonchev–Trinajstić information content (AvgIpc) is 2.32. The van der Waals surface area contributed by atoms with Gasteiger partial charge in [0.2, 0.25) is 0 Å². The smallest absolute Gasteiger partial charge is 0.317 e. The summed E-state index contributed by atoms with van der Waals surface area (Å²) in [6.45, 7) is 1.95. The summed E-state index contributed by atoms with van der Waals surface area (Å²) in [6.07, 6.45) is -0.361. The van der Waals surface area contributed by atoms with Crippen LogP contribution < -0.4 is 0 Å². The molecule has 0 heterocycles. The summed E-state index contributed by atoms with van der Waals surface area (Å²) in [6, 6.07) is 3.70. The van der Waals surface area contributed by atoms with Crippen LogP contribution in [-0.4, -0.2) is 23.7 Å². The third kappa shape index (κ3) is 5.21. The fourth-order valence-corrected chi connectivity index (χ4v) is 1.41. The van der Waals surface area contributed by atoms with Crippen LogP contribution in [0.1, 0.15) is 24.5 Å². The molecule has 4 nitrogen and oxygen atoms in total. The van der Waals surface area contributed by atoms with Gasteiger partial charge in [-0.2, -0.15) is 0 Å². The van der Waals surface area contributed by atoms with Gasteiger partial charge in [0.05, 0.1) is 13.0 Å². The summed E-state index contributed by atoms with van der Waals surface area (Å²) < 4.78 is 17.8. The molecule has 0 atom stereocenters. The highest BCUT2D eigenvalue weighted by atomic mass is 19.1. The Bertz CT molecular complexity index is 540. The standard InChI is InChI=1S/C14H13FO4/c1-2-19-14(18)5-3-4-10-8-12(15)7-6-11(10)9-13(16)17/h6-8H,2,5,9H2,1H3,(H,16,17). The third-order valence-corrected chi connectivity index (χ3v) is 2.17. The molecule has 19 heavy (non-hydrogen) atoms. The molecule has 0 unspecified atom stereocenters. The number of carboxylic acid groups (broad SMARTS) is 1. The van der Waals surface area contributed by atoms with Crippen LogP contribution in [0.25, 0.3) is 0 Å². The van der Waals surface area contributed by atoms with Crippen LogP contribution in [0.5, 0.6) is 0 Å². The fourth-order valence-electron chi connectivity index (χ4n) is 1.41. The number of carbonyl (C=O) groups is 2. The molecule has 0 saturated carbocycles. The summed E-state index contributed by atoms with van der Waals surface area (Å²) in [7, 11) is 0. The molecule has 100 valence electrons. The van der Waals surface area contributed by atoms with Gasteiger partial charge in [0.15, 0.2) is 0 Å². The number of benzene rings is 1. The molecule has 1 N–H and O–H groups in total. The van der Waals surface area contributed by atoms with Crippen molar-refractivity contribution in [3.63, 3.8) is 0 Å². The lowest BCUT2D eigenvalue weighted by Crippen LogP contribution is -2.03. The Balaban J connectivity index is 2.86. The lowest BCUT2D eigenvalue weighted by atomic mass is 10.0. The molecule has 0 fully saturated rings. The van der Waals surface area contributed by atoms with Gasteiger partial charge in [-0.3, -0.25) is 9.59 Å². The van der Waals surface area contributed by atoms with E-state index in [0.29, 0.717) is 5.56 Å². The largest absolute Gasteiger partial charge is 0.481 e. The second-order valence-electron chi connectivity index (χ2n) is 3.66. The minimum atomic E-state index is -1.03. The van der Waals surface area contributed by atoms with Gasteiger partial charge in [0.25, 0.3) is 0 Å². The Kier molecular flexibility index (Phi) is 5.55. The molecule has 0 aromatic heterocycles.